The van der Waals surface area contributed by atoms with Crippen molar-refractivity contribution in [3.8, 4) is 5.75 Å². The van der Waals surface area contributed by atoms with E-state index in [9.17, 15) is 9.50 Å². The molecule has 1 heterocycles. The summed E-state index contributed by atoms with van der Waals surface area (Å²) < 4.78 is 23.8. The molecule has 0 fully saturated rings. The highest BCUT2D eigenvalue weighted by Crippen LogP contribution is 2.24. The molecule has 1 atom stereocenters. The number of ether oxygens (including phenoxy) is 1. The Balaban J connectivity index is 1.65. The first-order chi connectivity index (χ1) is 10.2. The molecule has 2 rings (SSSR count). The van der Waals surface area contributed by atoms with E-state index in [2.05, 4.69) is 5.32 Å². The average molecular weight is 293 g/mol. The third-order valence-electron chi connectivity index (χ3n) is 3.20. The van der Waals surface area contributed by atoms with Gasteiger partial charge in [0.15, 0.2) is 0 Å². The van der Waals surface area contributed by atoms with Crippen LogP contribution in [-0.4, -0.2) is 18.3 Å². The smallest absolute Gasteiger partial charge is 0.129 e. The topological polar surface area (TPSA) is 54.6 Å². The van der Waals surface area contributed by atoms with E-state index in [1.807, 2.05) is 19.1 Å². The Morgan fingerprint density at radius 2 is 2.24 bits per heavy atom. The fourth-order valence-electron chi connectivity index (χ4n) is 2.04. The Labute approximate surface area is 123 Å². The van der Waals surface area contributed by atoms with Crippen molar-refractivity contribution in [1.82, 2.24) is 5.32 Å². The van der Waals surface area contributed by atoms with Crippen LogP contribution >= 0.6 is 0 Å². The molecule has 4 nitrogen and oxygen atoms in total. The Bertz CT molecular complexity index is 542. The average Bonchev–Trinajstić information content (AvgIpc) is 2.98. The molecule has 2 aromatic rings. The summed E-state index contributed by atoms with van der Waals surface area (Å²) in [6.45, 7) is 3.68. The van der Waals surface area contributed by atoms with Gasteiger partial charge >= 0.3 is 0 Å². The maximum atomic E-state index is 13.2. The first-order valence-corrected chi connectivity index (χ1v) is 6.98. The number of hydrogen-bond donors (Lipinski definition) is 2. The lowest BCUT2D eigenvalue weighted by Gasteiger charge is -2.15. The highest BCUT2D eigenvalue weighted by Gasteiger charge is 2.10. The normalized spacial score (nSPS) is 12.5. The van der Waals surface area contributed by atoms with Gasteiger partial charge in [-0.2, -0.15) is 0 Å². The van der Waals surface area contributed by atoms with Crippen LogP contribution < -0.4 is 5.32 Å². The van der Waals surface area contributed by atoms with Gasteiger partial charge in [0.05, 0.1) is 6.26 Å². The van der Waals surface area contributed by atoms with Crippen LogP contribution in [0.1, 0.15) is 30.7 Å². The van der Waals surface area contributed by atoms with Crippen LogP contribution in [0.5, 0.6) is 5.75 Å². The van der Waals surface area contributed by atoms with E-state index in [4.69, 9.17) is 9.15 Å². The SMILES string of the molecule is CC(NCCCOCc1ccco1)c1cc(F)ccc1O. The number of nitrogens with one attached hydrogen (secondary N) is 1. The minimum Gasteiger partial charge on any atom is -0.508 e. The summed E-state index contributed by atoms with van der Waals surface area (Å²) >= 11 is 0. The second-order valence-electron chi connectivity index (χ2n) is 4.86. The van der Waals surface area contributed by atoms with Gasteiger partial charge in [0.1, 0.15) is 23.9 Å². The molecule has 0 radical (unpaired) electrons. The lowest BCUT2D eigenvalue weighted by Crippen LogP contribution is -2.21. The molecular formula is C16H20FNO3. The van der Waals surface area contributed by atoms with Gasteiger partial charge < -0.3 is 19.6 Å². The van der Waals surface area contributed by atoms with E-state index in [1.54, 1.807) is 6.26 Å². The Morgan fingerprint density at radius 1 is 1.38 bits per heavy atom. The van der Waals surface area contributed by atoms with Crippen LogP contribution in [-0.2, 0) is 11.3 Å². The van der Waals surface area contributed by atoms with Gasteiger partial charge in [-0.15, -0.1) is 0 Å². The van der Waals surface area contributed by atoms with Gasteiger partial charge in [-0.3, -0.25) is 0 Å². The van der Waals surface area contributed by atoms with E-state index in [-0.39, 0.29) is 17.6 Å². The molecule has 0 bridgehead atoms. The number of halogens is 1. The van der Waals surface area contributed by atoms with Crippen molar-refractivity contribution >= 4 is 0 Å². The van der Waals surface area contributed by atoms with Crippen LogP contribution in [0.3, 0.4) is 0 Å². The molecule has 0 spiro atoms. The minimum absolute atomic E-state index is 0.102. The summed E-state index contributed by atoms with van der Waals surface area (Å²) in [6.07, 6.45) is 2.44. The van der Waals surface area contributed by atoms with Crippen LogP contribution in [0.2, 0.25) is 0 Å². The van der Waals surface area contributed by atoms with Gasteiger partial charge in [0, 0.05) is 18.2 Å². The fourth-order valence-corrected chi connectivity index (χ4v) is 2.04. The van der Waals surface area contributed by atoms with E-state index in [1.165, 1.54) is 18.2 Å². The summed E-state index contributed by atoms with van der Waals surface area (Å²) in [5, 5.41) is 12.9. The van der Waals surface area contributed by atoms with Gasteiger partial charge in [-0.25, -0.2) is 4.39 Å². The number of phenolic OH excluding ortho intramolecular Hbond substituents is 1. The monoisotopic (exact) mass is 293 g/mol. The standard InChI is InChI=1S/C16H20FNO3/c1-12(15-10-13(17)5-6-16(15)19)18-7-3-8-20-11-14-4-2-9-21-14/h2,4-6,9-10,12,18-19H,3,7-8,11H2,1H3. The number of benzene rings is 1. The predicted octanol–water partition coefficient (Wildman–Crippen LogP) is 3.38. The Kier molecular flexibility index (Phi) is 5.78. The first kappa shape index (κ1) is 15.5. The third-order valence-corrected chi connectivity index (χ3v) is 3.20. The van der Waals surface area contributed by atoms with Crippen molar-refractivity contribution in [1.29, 1.82) is 0 Å². The second-order valence-corrected chi connectivity index (χ2v) is 4.86. The van der Waals surface area contributed by atoms with Gasteiger partial charge in [0.2, 0.25) is 0 Å². The Hall–Kier alpha value is -1.85. The summed E-state index contributed by atoms with van der Waals surface area (Å²) in [6, 6.07) is 7.54. The lowest BCUT2D eigenvalue weighted by atomic mass is 10.1. The largest absolute Gasteiger partial charge is 0.508 e. The van der Waals surface area contributed by atoms with Gasteiger partial charge in [-0.1, -0.05) is 0 Å². The number of furan rings is 1. The van der Waals surface area contributed by atoms with Crippen molar-refractivity contribution in [3.63, 3.8) is 0 Å². The molecule has 21 heavy (non-hydrogen) atoms. The molecule has 0 saturated heterocycles. The maximum Gasteiger partial charge on any atom is 0.129 e. The van der Waals surface area contributed by atoms with E-state index in [0.29, 0.717) is 18.8 Å². The molecule has 0 saturated carbocycles. The van der Waals surface area contributed by atoms with Crippen molar-refractivity contribution < 1.29 is 18.7 Å². The molecule has 0 aliphatic carbocycles. The molecule has 1 aromatic carbocycles. The number of rotatable bonds is 8. The molecule has 2 N–H and O–H groups in total. The molecule has 114 valence electrons. The highest BCUT2D eigenvalue weighted by atomic mass is 19.1. The summed E-state index contributed by atoms with van der Waals surface area (Å²) in [5.41, 5.74) is 0.562. The molecular weight excluding hydrogens is 273 g/mol. The number of phenols is 1. The van der Waals surface area contributed by atoms with Crippen molar-refractivity contribution in [2.24, 2.45) is 0 Å². The number of hydrogen-bond acceptors (Lipinski definition) is 4. The van der Waals surface area contributed by atoms with Gasteiger partial charge in [0.25, 0.3) is 0 Å². The van der Waals surface area contributed by atoms with Crippen molar-refractivity contribution in [2.45, 2.75) is 26.0 Å². The van der Waals surface area contributed by atoms with Crippen molar-refractivity contribution in [2.75, 3.05) is 13.2 Å². The molecule has 0 amide bonds. The summed E-state index contributed by atoms with van der Waals surface area (Å²) in [7, 11) is 0. The van der Waals surface area contributed by atoms with Crippen LogP contribution in [0.25, 0.3) is 0 Å². The minimum atomic E-state index is -0.349. The lowest BCUT2D eigenvalue weighted by molar-refractivity contribution is 0.103. The molecule has 0 aliphatic rings. The van der Waals surface area contributed by atoms with E-state index in [0.717, 1.165) is 18.7 Å². The van der Waals surface area contributed by atoms with E-state index >= 15 is 0 Å². The Morgan fingerprint density at radius 3 is 3.00 bits per heavy atom. The molecule has 0 aliphatic heterocycles. The molecule has 1 unspecified atom stereocenters. The summed E-state index contributed by atoms with van der Waals surface area (Å²) in [5.74, 6) is 0.560. The fraction of sp³-hybridized carbons (Fsp3) is 0.375. The predicted molar refractivity (Wildman–Crippen MR) is 77.5 cm³/mol. The van der Waals surface area contributed by atoms with Gasteiger partial charge in [-0.05, 0) is 50.2 Å². The zero-order chi connectivity index (χ0) is 15.1. The van der Waals surface area contributed by atoms with Crippen LogP contribution in [0.15, 0.2) is 41.0 Å². The maximum absolute atomic E-state index is 13.2. The van der Waals surface area contributed by atoms with E-state index < -0.39 is 0 Å². The zero-order valence-electron chi connectivity index (χ0n) is 12.0. The summed E-state index contributed by atoms with van der Waals surface area (Å²) in [4.78, 5) is 0. The molecule has 5 heteroatoms. The quantitative estimate of drug-likeness (QED) is 0.733. The van der Waals surface area contributed by atoms with Crippen LogP contribution in [0, 0.1) is 5.82 Å². The molecule has 1 aromatic heterocycles. The van der Waals surface area contributed by atoms with Crippen LogP contribution in [0.4, 0.5) is 4.39 Å². The first-order valence-electron chi connectivity index (χ1n) is 6.98. The van der Waals surface area contributed by atoms with Crippen molar-refractivity contribution in [3.05, 3.63) is 53.7 Å². The second kappa shape index (κ2) is 7.81. The third kappa shape index (κ3) is 4.88. The zero-order valence-corrected chi connectivity index (χ0v) is 12.0. The number of aromatic hydroxyl groups is 1. The highest BCUT2D eigenvalue weighted by molar-refractivity contribution is 5.34.